The molecule has 2 aliphatic heterocycles. The van der Waals surface area contributed by atoms with Gasteiger partial charge in [0.05, 0.1) is 0 Å². The number of carbonyl (C=O) groups is 2. The molecule has 1 N–H and O–H groups in total. The Hall–Kier alpha value is -3.28. The van der Waals surface area contributed by atoms with E-state index in [1.807, 2.05) is 42.5 Å². The molecular weight excluding hydrogens is 344 g/mol. The molecule has 0 bridgehead atoms. The van der Waals surface area contributed by atoms with Crippen molar-refractivity contribution in [3.8, 4) is 11.5 Å². The Bertz CT molecular complexity index is 890. The summed E-state index contributed by atoms with van der Waals surface area (Å²) >= 11 is 0. The molecule has 0 spiro atoms. The highest BCUT2D eigenvalue weighted by atomic mass is 16.7. The Morgan fingerprint density at radius 2 is 1.85 bits per heavy atom. The molecule has 6 nitrogen and oxygen atoms in total. The normalized spacial score (nSPS) is 16.0. The van der Waals surface area contributed by atoms with Crippen molar-refractivity contribution in [3.63, 3.8) is 0 Å². The van der Waals surface area contributed by atoms with Crippen LogP contribution in [0.25, 0.3) is 6.08 Å². The summed E-state index contributed by atoms with van der Waals surface area (Å²) in [7, 11) is 0. The topological polar surface area (TPSA) is 67.9 Å². The molecule has 0 unspecified atom stereocenters. The summed E-state index contributed by atoms with van der Waals surface area (Å²) < 4.78 is 10.6. The van der Waals surface area contributed by atoms with Crippen LogP contribution < -0.4 is 19.7 Å². The standard InChI is InChI=1S/C21H20N2O4/c24-20(11-5-15-4-10-18-19(13-15)27-14-26-18)22-16-6-8-17(9-7-16)23-12-2-1-3-21(23)25/h4-11,13H,1-3,12,14H2,(H,22,24)/b11-5+. The number of rotatable bonds is 4. The fourth-order valence-corrected chi connectivity index (χ4v) is 3.18. The highest BCUT2D eigenvalue weighted by molar-refractivity contribution is 6.02. The maximum Gasteiger partial charge on any atom is 0.248 e. The lowest BCUT2D eigenvalue weighted by molar-refractivity contribution is -0.119. The molecule has 2 aliphatic rings. The van der Waals surface area contributed by atoms with Crippen molar-refractivity contribution in [3.05, 3.63) is 54.1 Å². The van der Waals surface area contributed by atoms with Crippen molar-refractivity contribution >= 4 is 29.3 Å². The van der Waals surface area contributed by atoms with Crippen LogP contribution in [0.2, 0.25) is 0 Å². The number of benzene rings is 2. The second kappa shape index (κ2) is 7.53. The number of amides is 2. The minimum absolute atomic E-state index is 0.157. The highest BCUT2D eigenvalue weighted by Gasteiger charge is 2.19. The van der Waals surface area contributed by atoms with Crippen LogP contribution in [0.15, 0.2) is 48.5 Å². The Morgan fingerprint density at radius 1 is 1.04 bits per heavy atom. The highest BCUT2D eigenvalue weighted by Crippen LogP contribution is 2.32. The van der Waals surface area contributed by atoms with Crippen LogP contribution in [0.5, 0.6) is 11.5 Å². The molecule has 138 valence electrons. The molecule has 2 aromatic rings. The monoisotopic (exact) mass is 364 g/mol. The largest absolute Gasteiger partial charge is 0.454 e. The number of nitrogens with zero attached hydrogens (tertiary/aromatic N) is 1. The average Bonchev–Trinajstić information content (AvgIpc) is 3.15. The summed E-state index contributed by atoms with van der Waals surface area (Å²) in [4.78, 5) is 25.9. The van der Waals surface area contributed by atoms with Gasteiger partial charge in [0.25, 0.3) is 0 Å². The first-order valence-electron chi connectivity index (χ1n) is 8.98. The van der Waals surface area contributed by atoms with Gasteiger partial charge in [-0.1, -0.05) is 6.07 Å². The summed E-state index contributed by atoms with van der Waals surface area (Å²) in [6, 6.07) is 12.9. The molecule has 1 saturated heterocycles. The van der Waals surface area contributed by atoms with Gasteiger partial charge < -0.3 is 19.7 Å². The Labute approximate surface area is 157 Å². The number of fused-ring (bicyclic) bond motifs is 1. The number of carbonyl (C=O) groups excluding carboxylic acids is 2. The Kier molecular flexibility index (Phi) is 4.78. The first-order chi connectivity index (χ1) is 13.2. The predicted molar refractivity (Wildman–Crippen MR) is 103 cm³/mol. The fourth-order valence-electron chi connectivity index (χ4n) is 3.18. The molecule has 27 heavy (non-hydrogen) atoms. The van der Waals surface area contributed by atoms with Gasteiger partial charge in [0.1, 0.15) is 0 Å². The summed E-state index contributed by atoms with van der Waals surface area (Å²) in [6.07, 6.45) is 5.77. The number of piperidine rings is 1. The van der Waals surface area contributed by atoms with Crippen LogP contribution in [-0.4, -0.2) is 25.2 Å². The molecular formula is C21H20N2O4. The van der Waals surface area contributed by atoms with Gasteiger partial charge in [-0.05, 0) is 60.9 Å². The predicted octanol–water partition coefficient (Wildman–Crippen LogP) is 3.58. The van der Waals surface area contributed by atoms with E-state index in [1.54, 1.807) is 11.0 Å². The van der Waals surface area contributed by atoms with E-state index in [4.69, 9.17) is 9.47 Å². The number of nitrogens with one attached hydrogen (secondary N) is 1. The lowest BCUT2D eigenvalue weighted by Gasteiger charge is -2.26. The van der Waals surface area contributed by atoms with Gasteiger partial charge in [-0.3, -0.25) is 9.59 Å². The summed E-state index contributed by atoms with van der Waals surface area (Å²) in [5, 5.41) is 2.82. The van der Waals surface area contributed by atoms with Crippen LogP contribution in [-0.2, 0) is 9.59 Å². The van der Waals surface area contributed by atoms with E-state index in [0.29, 0.717) is 23.6 Å². The lowest BCUT2D eigenvalue weighted by Crippen LogP contribution is -2.35. The van der Waals surface area contributed by atoms with Crippen LogP contribution >= 0.6 is 0 Å². The van der Waals surface area contributed by atoms with Gasteiger partial charge in [-0.15, -0.1) is 0 Å². The van der Waals surface area contributed by atoms with Crippen molar-refractivity contribution in [1.82, 2.24) is 0 Å². The SMILES string of the molecule is O=C(/C=C/c1ccc2c(c1)OCO2)Nc1ccc(N2CCCCC2=O)cc1. The van der Waals surface area contributed by atoms with Crippen molar-refractivity contribution in [2.24, 2.45) is 0 Å². The average molecular weight is 364 g/mol. The van der Waals surface area contributed by atoms with Crippen LogP contribution in [0.3, 0.4) is 0 Å². The van der Waals surface area contributed by atoms with Crippen molar-refractivity contribution in [2.75, 3.05) is 23.6 Å². The third kappa shape index (κ3) is 3.95. The minimum atomic E-state index is -0.227. The molecule has 0 radical (unpaired) electrons. The molecule has 2 heterocycles. The Balaban J connectivity index is 1.37. The van der Waals surface area contributed by atoms with Crippen molar-refractivity contribution in [2.45, 2.75) is 19.3 Å². The van der Waals surface area contributed by atoms with E-state index in [2.05, 4.69) is 5.32 Å². The van der Waals surface area contributed by atoms with E-state index in [1.165, 1.54) is 6.08 Å². The zero-order chi connectivity index (χ0) is 18.6. The molecule has 4 rings (SSSR count). The van der Waals surface area contributed by atoms with E-state index < -0.39 is 0 Å². The fraction of sp³-hybridized carbons (Fsp3) is 0.238. The van der Waals surface area contributed by atoms with Gasteiger partial charge in [0.2, 0.25) is 18.6 Å². The Morgan fingerprint density at radius 3 is 2.67 bits per heavy atom. The zero-order valence-corrected chi connectivity index (χ0v) is 14.8. The van der Waals surface area contributed by atoms with Crippen LogP contribution in [0, 0.1) is 0 Å². The molecule has 2 aromatic carbocycles. The van der Waals surface area contributed by atoms with Crippen LogP contribution in [0.1, 0.15) is 24.8 Å². The maximum atomic E-state index is 12.1. The summed E-state index contributed by atoms with van der Waals surface area (Å²) in [5.41, 5.74) is 2.41. The van der Waals surface area contributed by atoms with Gasteiger partial charge >= 0.3 is 0 Å². The summed E-state index contributed by atoms with van der Waals surface area (Å²) in [5.74, 6) is 1.32. The second-order valence-corrected chi connectivity index (χ2v) is 6.48. The first kappa shape index (κ1) is 17.1. The lowest BCUT2D eigenvalue weighted by atomic mass is 10.1. The van der Waals surface area contributed by atoms with Crippen molar-refractivity contribution in [1.29, 1.82) is 0 Å². The third-order valence-corrected chi connectivity index (χ3v) is 4.59. The maximum absolute atomic E-state index is 12.1. The van der Waals surface area contributed by atoms with Crippen molar-refractivity contribution < 1.29 is 19.1 Å². The molecule has 0 aromatic heterocycles. The summed E-state index contributed by atoms with van der Waals surface area (Å²) in [6.45, 7) is 0.977. The minimum Gasteiger partial charge on any atom is -0.454 e. The number of hydrogen-bond acceptors (Lipinski definition) is 4. The van der Waals surface area contributed by atoms with E-state index >= 15 is 0 Å². The van der Waals surface area contributed by atoms with E-state index in [0.717, 1.165) is 30.6 Å². The van der Waals surface area contributed by atoms with E-state index in [9.17, 15) is 9.59 Å². The quantitative estimate of drug-likeness (QED) is 0.842. The van der Waals surface area contributed by atoms with Gasteiger partial charge in [0, 0.05) is 30.4 Å². The van der Waals surface area contributed by atoms with Gasteiger partial charge in [0.15, 0.2) is 11.5 Å². The molecule has 0 aliphatic carbocycles. The molecule has 2 amide bonds. The van der Waals surface area contributed by atoms with Gasteiger partial charge in [-0.25, -0.2) is 0 Å². The first-order valence-corrected chi connectivity index (χ1v) is 8.98. The van der Waals surface area contributed by atoms with E-state index in [-0.39, 0.29) is 18.6 Å². The molecule has 0 atom stereocenters. The molecule has 0 saturated carbocycles. The molecule has 6 heteroatoms. The smallest absolute Gasteiger partial charge is 0.248 e. The zero-order valence-electron chi connectivity index (χ0n) is 14.8. The number of anilines is 2. The van der Waals surface area contributed by atoms with Gasteiger partial charge in [-0.2, -0.15) is 0 Å². The van der Waals surface area contributed by atoms with Crippen LogP contribution in [0.4, 0.5) is 11.4 Å². The third-order valence-electron chi connectivity index (χ3n) is 4.59. The second-order valence-electron chi connectivity index (χ2n) is 6.48. The molecule has 1 fully saturated rings. The number of ether oxygens (including phenoxy) is 2. The number of hydrogen-bond donors (Lipinski definition) is 1.